The van der Waals surface area contributed by atoms with Crippen LogP contribution in [0.25, 0.3) is 11.1 Å². The van der Waals surface area contributed by atoms with Crippen molar-refractivity contribution in [2.75, 3.05) is 45.1 Å². The van der Waals surface area contributed by atoms with E-state index in [0.717, 1.165) is 29.9 Å². The molecule has 0 aromatic carbocycles. The van der Waals surface area contributed by atoms with Crippen LogP contribution in [-0.2, 0) is 9.53 Å². The van der Waals surface area contributed by atoms with Gasteiger partial charge in [0.05, 0.1) is 25.4 Å². The molecule has 27 heavy (non-hydrogen) atoms. The lowest BCUT2D eigenvalue weighted by Crippen LogP contribution is -2.46. The first kappa shape index (κ1) is 19.2. The third-order valence-electron chi connectivity index (χ3n) is 4.81. The Balaban J connectivity index is 1.80. The number of carbonyl (C=O) groups is 1. The minimum atomic E-state index is -0.299. The molecule has 144 valence electrons. The van der Waals surface area contributed by atoms with Gasteiger partial charge in [-0.05, 0) is 30.8 Å². The van der Waals surface area contributed by atoms with Gasteiger partial charge in [0.15, 0.2) is 0 Å². The maximum atomic E-state index is 12.7. The highest BCUT2D eigenvalue weighted by Crippen LogP contribution is 2.30. The fraction of sp³-hybridized carbons (Fsp3) is 0.474. The molecule has 1 saturated heterocycles. The fourth-order valence-corrected chi connectivity index (χ4v) is 3.21. The maximum absolute atomic E-state index is 12.7. The van der Waals surface area contributed by atoms with E-state index in [1.807, 2.05) is 11.0 Å². The van der Waals surface area contributed by atoms with Gasteiger partial charge in [0.2, 0.25) is 5.91 Å². The number of anilines is 1. The van der Waals surface area contributed by atoms with Crippen molar-refractivity contribution in [3.05, 3.63) is 36.5 Å². The van der Waals surface area contributed by atoms with Crippen LogP contribution >= 0.6 is 0 Å². The van der Waals surface area contributed by atoms with Gasteiger partial charge in [-0.15, -0.1) is 0 Å². The second-order valence-corrected chi connectivity index (χ2v) is 6.45. The molecule has 0 radical (unpaired) electrons. The zero-order valence-electron chi connectivity index (χ0n) is 15.8. The number of amides is 1. The number of likely N-dealkylation sites (N-methyl/N-ethyl adjacent to an activating group) is 1. The minimum Gasteiger partial charge on any atom is -0.384 e. The third kappa shape index (κ3) is 4.58. The van der Waals surface area contributed by atoms with E-state index in [-0.39, 0.29) is 12.0 Å². The Morgan fingerprint density at radius 1 is 1.37 bits per heavy atom. The molecule has 0 spiro atoms. The number of aromatic nitrogens is 3. The SMILES string of the molecule is CCN(CC)CC(=O)N1CCOC(c2ncncc2-c2ccnc(N)c2)C1. The summed E-state index contributed by atoms with van der Waals surface area (Å²) in [5.41, 5.74) is 8.30. The topological polar surface area (TPSA) is 97.5 Å². The van der Waals surface area contributed by atoms with E-state index in [1.165, 1.54) is 6.33 Å². The van der Waals surface area contributed by atoms with Crippen LogP contribution in [0.5, 0.6) is 0 Å². The summed E-state index contributed by atoms with van der Waals surface area (Å²) < 4.78 is 5.95. The first-order valence-corrected chi connectivity index (χ1v) is 9.25. The zero-order chi connectivity index (χ0) is 19.2. The monoisotopic (exact) mass is 370 g/mol. The lowest BCUT2D eigenvalue weighted by molar-refractivity contribution is -0.140. The van der Waals surface area contributed by atoms with Crippen LogP contribution in [0.3, 0.4) is 0 Å². The van der Waals surface area contributed by atoms with Gasteiger partial charge in [-0.25, -0.2) is 15.0 Å². The molecule has 1 atom stereocenters. The Morgan fingerprint density at radius 3 is 2.93 bits per heavy atom. The summed E-state index contributed by atoms with van der Waals surface area (Å²) in [6.45, 7) is 7.82. The molecule has 0 aliphatic carbocycles. The van der Waals surface area contributed by atoms with Crippen LogP contribution in [0.2, 0.25) is 0 Å². The van der Waals surface area contributed by atoms with Gasteiger partial charge in [0, 0.05) is 24.5 Å². The highest BCUT2D eigenvalue weighted by atomic mass is 16.5. The predicted octanol–water partition coefficient (Wildman–Crippen LogP) is 1.36. The largest absolute Gasteiger partial charge is 0.384 e. The number of nitrogens with two attached hydrogens (primary N) is 1. The number of rotatable bonds is 6. The quantitative estimate of drug-likeness (QED) is 0.820. The van der Waals surface area contributed by atoms with Crippen LogP contribution in [0.15, 0.2) is 30.9 Å². The summed E-state index contributed by atoms with van der Waals surface area (Å²) in [4.78, 5) is 29.3. The van der Waals surface area contributed by atoms with Crippen molar-refractivity contribution in [3.63, 3.8) is 0 Å². The normalized spacial score (nSPS) is 17.3. The summed E-state index contributed by atoms with van der Waals surface area (Å²) in [7, 11) is 0. The molecular weight excluding hydrogens is 344 g/mol. The molecule has 8 heteroatoms. The second kappa shape index (κ2) is 8.88. The standard InChI is InChI=1S/C19H26N6O2/c1-3-24(4-2)12-18(26)25-7-8-27-16(11-25)19-15(10-21-13-23-19)14-5-6-22-17(20)9-14/h5-6,9-10,13,16H,3-4,7-8,11-12H2,1-2H3,(H2,20,22). The summed E-state index contributed by atoms with van der Waals surface area (Å²) in [6.07, 6.45) is 4.61. The molecule has 2 N–H and O–H groups in total. The van der Waals surface area contributed by atoms with Crippen molar-refractivity contribution in [1.29, 1.82) is 0 Å². The molecule has 0 saturated carbocycles. The highest BCUT2D eigenvalue weighted by molar-refractivity contribution is 5.78. The Hall–Kier alpha value is -2.58. The minimum absolute atomic E-state index is 0.121. The van der Waals surface area contributed by atoms with Crippen LogP contribution in [0.4, 0.5) is 5.82 Å². The van der Waals surface area contributed by atoms with Gasteiger partial charge in [-0.1, -0.05) is 13.8 Å². The molecule has 2 aromatic heterocycles. The molecule has 0 bridgehead atoms. The van der Waals surface area contributed by atoms with Gasteiger partial charge >= 0.3 is 0 Å². The molecular formula is C19H26N6O2. The summed E-state index contributed by atoms with van der Waals surface area (Å²) in [5, 5.41) is 0. The molecule has 1 amide bonds. The number of morpholine rings is 1. The van der Waals surface area contributed by atoms with Gasteiger partial charge in [-0.3, -0.25) is 9.69 Å². The Morgan fingerprint density at radius 2 is 2.19 bits per heavy atom. The van der Waals surface area contributed by atoms with E-state index >= 15 is 0 Å². The van der Waals surface area contributed by atoms with E-state index < -0.39 is 0 Å². The van der Waals surface area contributed by atoms with Crippen LogP contribution < -0.4 is 5.73 Å². The number of hydrogen-bond acceptors (Lipinski definition) is 7. The van der Waals surface area contributed by atoms with E-state index in [9.17, 15) is 4.79 Å². The van der Waals surface area contributed by atoms with E-state index in [1.54, 1.807) is 18.5 Å². The van der Waals surface area contributed by atoms with Crippen LogP contribution in [-0.4, -0.2) is 70.0 Å². The van der Waals surface area contributed by atoms with Crippen LogP contribution in [0, 0.1) is 0 Å². The zero-order valence-corrected chi connectivity index (χ0v) is 15.8. The van der Waals surface area contributed by atoms with E-state index in [4.69, 9.17) is 10.5 Å². The smallest absolute Gasteiger partial charge is 0.236 e. The molecule has 1 aliphatic rings. The Labute approximate surface area is 159 Å². The Bertz CT molecular complexity index is 780. The lowest BCUT2D eigenvalue weighted by atomic mass is 10.0. The van der Waals surface area contributed by atoms with Crippen molar-refractivity contribution in [2.24, 2.45) is 0 Å². The molecule has 3 rings (SSSR count). The number of nitrogens with zero attached hydrogens (tertiary/aromatic N) is 5. The van der Waals surface area contributed by atoms with Crippen molar-refractivity contribution in [1.82, 2.24) is 24.8 Å². The molecule has 1 fully saturated rings. The van der Waals surface area contributed by atoms with Crippen LogP contribution in [0.1, 0.15) is 25.6 Å². The number of ether oxygens (including phenoxy) is 1. The van der Waals surface area contributed by atoms with Crippen molar-refractivity contribution in [3.8, 4) is 11.1 Å². The van der Waals surface area contributed by atoms with Gasteiger partial charge in [0.25, 0.3) is 0 Å². The lowest BCUT2D eigenvalue weighted by Gasteiger charge is -2.34. The van der Waals surface area contributed by atoms with Crippen molar-refractivity contribution < 1.29 is 9.53 Å². The molecule has 1 aliphatic heterocycles. The molecule has 1 unspecified atom stereocenters. The summed E-state index contributed by atoms with van der Waals surface area (Å²) in [5.74, 6) is 0.554. The molecule has 8 nitrogen and oxygen atoms in total. The first-order valence-electron chi connectivity index (χ1n) is 9.25. The van der Waals surface area contributed by atoms with E-state index in [0.29, 0.717) is 32.1 Å². The van der Waals surface area contributed by atoms with E-state index in [2.05, 4.69) is 33.7 Å². The molecule has 2 aromatic rings. The highest BCUT2D eigenvalue weighted by Gasteiger charge is 2.28. The van der Waals surface area contributed by atoms with Crippen molar-refractivity contribution in [2.45, 2.75) is 20.0 Å². The molecule has 3 heterocycles. The van der Waals surface area contributed by atoms with Gasteiger partial charge in [0.1, 0.15) is 18.2 Å². The van der Waals surface area contributed by atoms with Crippen molar-refractivity contribution >= 4 is 11.7 Å². The Kier molecular flexibility index (Phi) is 6.31. The average Bonchev–Trinajstić information content (AvgIpc) is 2.72. The summed E-state index contributed by atoms with van der Waals surface area (Å²) >= 11 is 0. The third-order valence-corrected chi connectivity index (χ3v) is 4.81. The maximum Gasteiger partial charge on any atom is 0.236 e. The number of nitrogen functional groups attached to an aromatic ring is 1. The predicted molar refractivity (Wildman–Crippen MR) is 103 cm³/mol. The number of carbonyl (C=O) groups excluding carboxylic acids is 1. The number of pyridine rings is 1. The van der Waals surface area contributed by atoms with Gasteiger partial charge < -0.3 is 15.4 Å². The average molecular weight is 370 g/mol. The summed E-state index contributed by atoms with van der Waals surface area (Å²) in [6, 6.07) is 3.65. The second-order valence-electron chi connectivity index (χ2n) is 6.45. The number of hydrogen-bond donors (Lipinski definition) is 1. The van der Waals surface area contributed by atoms with Gasteiger partial charge in [-0.2, -0.15) is 0 Å². The first-order chi connectivity index (χ1) is 13.1. The fourth-order valence-electron chi connectivity index (χ4n) is 3.21.